The number of terminal acetylenes is 1. The van der Waals surface area contributed by atoms with Gasteiger partial charge in [0, 0.05) is 66.9 Å². The van der Waals surface area contributed by atoms with Crippen LogP contribution in [0.15, 0.2) is 198 Å². The van der Waals surface area contributed by atoms with Crippen LogP contribution in [0.1, 0.15) is 68.6 Å². The minimum atomic E-state index is -0.900. The molecule has 8 nitrogen and oxygen atoms in total. The highest BCUT2D eigenvalue weighted by Crippen LogP contribution is 2.37. The van der Waals surface area contributed by atoms with Gasteiger partial charge in [-0.1, -0.05) is 72.5 Å². The third kappa shape index (κ3) is 16.8. The van der Waals surface area contributed by atoms with E-state index in [2.05, 4.69) is 85.6 Å². The second kappa shape index (κ2) is 30.6. The molecule has 0 unspecified atom stereocenters. The number of amides is 3. The van der Waals surface area contributed by atoms with Crippen molar-refractivity contribution in [2.75, 3.05) is 16.0 Å². The molecule has 0 aliphatic rings. The summed E-state index contributed by atoms with van der Waals surface area (Å²) in [5.74, 6) is -1.54. The van der Waals surface area contributed by atoms with Gasteiger partial charge < -0.3 is 16.0 Å². The Morgan fingerprint density at radius 2 is 0.841 bits per heavy atom. The van der Waals surface area contributed by atoms with E-state index in [1.807, 2.05) is 86.8 Å². The molecule has 0 saturated heterocycles. The second-order valence-corrected chi connectivity index (χ2v) is 23.8. The van der Waals surface area contributed by atoms with Crippen LogP contribution >= 0.6 is 49.9 Å². The topological polar surface area (TPSA) is 113 Å². The molecule has 0 aliphatic heterocycles. The first-order valence-electron chi connectivity index (χ1n) is 26.6. The zero-order valence-electron chi connectivity index (χ0n) is 47.0. The van der Waals surface area contributed by atoms with Crippen molar-refractivity contribution in [3.05, 3.63) is 288 Å². The van der Waals surface area contributed by atoms with E-state index < -0.39 is 69.3 Å². The normalized spacial score (nSPS) is 10.4. The Kier molecular flexibility index (Phi) is 22.4. The Hall–Kier alpha value is -9.69. The van der Waals surface area contributed by atoms with Crippen molar-refractivity contribution in [3.63, 3.8) is 0 Å². The highest BCUT2D eigenvalue weighted by Gasteiger charge is 2.21. The molecule has 6 aromatic carbocycles. The average Bonchev–Trinajstić information content (AvgIpc) is 4.41. The number of rotatable bonds is 12. The number of anilines is 3. The van der Waals surface area contributed by atoms with Crippen molar-refractivity contribution in [3.8, 4) is 56.0 Å². The molecule has 0 bridgehead atoms. The molecule has 5 heterocycles. The SMILES string of the molecule is C#C.Cc1cc(Br)sc1-c1ccc(NC(=O)c2c(F)cccc2F)cc1.Cc1cc(C#Cc2cccnc2)sc1-c1ccc(NC(=O)c2c(F)cccc2F)cc1.Cc1cc(CCc2cccnc2)sc1-c1ccc(NC(=O)c2c(F)cccc2F)cc1. The first-order valence-corrected chi connectivity index (χ1v) is 29.9. The number of aromatic nitrogens is 2. The van der Waals surface area contributed by atoms with Gasteiger partial charge in [0.15, 0.2) is 0 Å². The van der Waals surface area contributed by atoms with E-state index in [1.54, 1.807) is 89.0 Å². The van der Waals surface area contributed by atoms with Crippen molar-refractivity contribution in [2.24, 2.45) is 0 Å². The molecule has 3 N–H and O–H groups in total. The van der Waals surface area contributed by atoms with Crippen LogP contribution in [-0.2, 0) is 12.8 Å². The lowest BCUT2D eigenvalue weighted by Gasteiger charge is -2.08. The maximum Gasteiger partial charge on any atom is 0.261 e. The predicted molar refractivity (Wildman–Crippen MR) is 346 cm³/mol. The number of benzene rings is 6. The highest BCUT2D eigenvalue weighted by molar-refractivity contribution is 9.11. The van der Waals surface area contributed by atoms with Gasteiger partial charge in [0.2, 0.25) is 0 Å². The lowest BCUT2D eigenvalue weighted by molar-refractivity contribution is 0.101. The molecule has 5 aromatic heterocycles. The van der Waals surface area contributed by atoms with Crippen molar-refractivity contribution in [1.82, 2.24) is 9.97 Å². The smallest absolute Gasteiger partial charge is 0.261 e. The molecule has 0 spiro atoms. The van der Waals surface area contributed by atoms with E-state index in [0.29, 0.717) is 17.1 Å². The van der Waals surface area contributed by atoms with Gasteiger partial charge in [-0.05, 0) is 198 Å². The fourth-order valence-corrected chi connectivity index (χ4v) is 12.7. The summed E-state index contributed by atoms with van der Waals surface area (Å²) in [6.45, 7) is 6.11. The molecule has 88 heavy (non-hydrogen) atoms. The van der Waals surface area contributed by atoms with Gasteiger partial charge in [-0.3, -0.25) is 24.4 Å². The molecule has 0 radical (unpaired) electrons. The van der Waals surface area contributed by atoms with Gasteiger partial charge >= 0.3 is 0 Å². The van der Waals surface area contributed by atoms with Crippen LogP contribution in [0.25, 0.3) is 31.3 Å². The minimum Gasteiger partial charge on any atom is -0.322 e. The highest BCUT2D eigenvalue weighted by atomic mass is 79.9. The first-order chi connectivity index (χ1) is 42.5. The van der Waals surface area contributed by atoms with E-state index >= 15 is 0 Å². The van der Waals surface area contributed by atoms with Gasteiger partial charge in [0.1, 0.15) is 51.6 Å². The zero-order valence-corrected chi connectivity index (χ0v) is 51.1. The van der Waals surface area contributed by atoms with Crippen LogP contribution in [0.4, 0.5) is 43.4 Å². The third-order valence-electron chi connectivity index (χ3n) is 12.9. The maximum absolute atomic E-state index is 13.8. The van der Waals surface area contributed by atoms with E-state index in [-0.39, 0.29) is 0 Å². The Bertz CT molecular complexity index is 4270. The summed E-state index contributed by atoms with van der Waals surface area (Å²) in [6, 6.07) is 45.5. The number of pyridine rings is 2. The second-order valence-electron chi connectivity index (χ2n) is 19.1. The predicted octanol–water partition coefficient (Wildman–Crippen LogP) is 18.7. The van der Waals surface area contributed by atoms with Crippen molar-refractivity contribution in [2.45, 2.75) is 33.6 Å². The number of aryl methyl sites for hydroxylation is 5. The standard InChI is InChI=1S/C25H20F2N2OS.C25H16F2N2OS.C18H12BrF2NOS.C2H2/c2*1-16-14-20(12-7-17-4-3-13-28-15-17)31-24(16)18-8-10-19(11-9-18)29-25(30)23-21(26)5-2-6-22(23)27;1-10-9-15(19)24-17(10)11-5-7-12(8-6-11)22-18(23)16-13(20)3-2-4-14(16)21;1-2/h2-6,8-11,13-15H,7,12H2,1H3,(H,29,30);2-6,8-11,13-15H,1H3,(H,29,30);2-9H,1H3,(H,22,23);1-2H. The van der Waals surface area contributed by atoms with Crippen LogP contribution in [-0.4, -0.2) is 27.7 Å². The molecule has 3 amide bonds. The zero-order chi connectivity index (χ0) is 62.9. The molecule has 18 heteroatoms. The fourth-order valence-electron chi connectivity index (χ4n) is 8.74. The third-order valence-corrected chi connectivity index (χ3v) is 17.3. The number of nitrogens with zero attached hydrogens (tertiary/aromatic N) is 2. The van der Waals surface area contributed by atoms with Crippen LogP contribution < -0.4 is 16.0 Å². The van der Waals surface area contributed by atoms with Crippen molar-refractivity contribution >= 4 is 84.7 Å². The Morgan fingerprint density at radius 1 is 0.455 bits per heavy atom. The van der Waals surface area contributed by atoms with Gasteiger partial charge in [-0.2, -0.15) is 0 Å². The quantitative estimate of drug-likeness (QED) is 0.0833. The Morgan fingerprint density at radius 3 is 1.23 bits per heavy atom. The number of hydrogen-bond acceptors (Lipinski definition) is 8. The number of carbonyl (C=O) groups excluding carboxylic acids is 3. The summed E-state index contributed by atoms with van der Waals surface area (Å²) in [5, 5.41) is 7.60. The van der Waals surface area contributed by atoms with Crippen LogP contribution in [0.3, 0.4) is 0 Å². The molecule has 11 rings (SSSR count). The van der Waals surface area contributed by atoms with E-state index in [4.69, 9.17) is 0 Å². The summed E-state index contributed by atoms with van der Waals surface area (Å²) < 4.78 is 83.5. The van der Waals surface area contributed by atoms with Gasteiger partial charge in [0.05, 0.1) is 8.66 Å². The molecule has 0 aliphatic carbocycles. The van der Waals surface area contributed by atoms with Gasteiger partial charge in [-0.25, -0.2) is 26.3 Å². The number of hydrogen-bond donors (Lipinski definition) is 3. The van der Waals surface area contributed by atoms with E-state index in [9.17, 15) is 40.7 Å². The van der Waals surface area contributed by atoms with Crippen LogP contribution in [0.2, 0.25) is 0 Å². The van der Waals surface area contributed by atoms with Gasteiger partial charge in [-0.15, -0.1) is 46.9 Å². The summed E-state index contributed by atoms with van der Waals surface area (Å²) in [6.07, 6.45) is 17.0. The minimum absolute atomic E-state index is 0.446. The Balaban J connectivity index is 0.000000170. The largest absolute Gasteiger partial charge is 0.322 e. The molecular weight excluding hydrogens is 1250 g/mol. The number of nitrogens with one attached hydrogen (secondary N) is 3. The monoisotopic (exact) mass is 1300 g/mol. The molecule has 0 saturated carbocycles. The number of halogens is 7. The number of carbonyl (C=O) groups is 3. The summed E-state index contributed by atoms with van der Waals surface area (Å²) >= 11 is 8.39. The molecular formula is C70H50BrF6N5O3S3. The summed E-state index contributed by atoms with van der Waals surface area (Å²) in [7, 11) is 0. The van der Waals surface area contributed by atoms with Crippen LogP contribution in [0.5, 0.6) is 0 Å². The average molecular weight is 1300 g/mol. The summed E-state index contributed by atoms with van der Waals surface area (Å²) in [4.78, 5) is 50.4. The van der Waals surface area contributed by atoms with E-state index in [0.717, 1.165) is 101 Å². The van der Waals surface area contributed by atoms with Crippen molar-refractivity contribution < 1.29 is 40.7 Å². The lowest BCUT2D eigenvalue weighted by atomic mass is 10.1. The molecule has 11 aromatic rings. The fraction of sp³-hybridized carbons (Fsp3) is 0.0714. The van der Waals surface area contributed by atoms with E-state index in [1.165, 1.54) is 39.1 Å². The Labute approximate surface area is 525 Å². The molecule has 440 valence electrons. The molecule has 0 fully saturated rings. The lowest BCUT2D eigenvalue weighted by Crippen LogP contribution is -2.15. The van der Waals surface area contributed by atoms with Crippen LogP contribution in [0, 0.1) is 80.4 Å². The number of thiophene rings is 3. The first kappa shape index (κ1) is 64.3. The summed E-state index contributed by atoms with van der Waals surface area (Å²) in [5.41, 5.74) is 8.12. The molecule has 0 atom stereocenters. The maximum atomic E-state index is 13.8. The van der Waals surface area contributed by atoms with Gasteiger partial charge in [0.25, 0.3) is 17.7 Å². The van der Waals surface area contributed by atoms with Crippen molar-refractivity contribution in [1.29, 1.82) is 0 Å².